The van der Waals surface area contributed by atoms with Gasteiger partial charge in [0, 0.05) is 59.1 Å². The van der Waals surface area contributed by atoms with Gasteiger partial charge in [-0.3, -0.25) is 4.79 Å². The zero-order valence-electron chi connectivity index (χ0n) is 19.5. The van der Waals surface area contributed by atoms with Crippen LogP contribution in [0.5, 0.6) is 0 Å². The normalized spacial score (nSPS) is 15.9. The number of morpholine rings is 1. The van der Waals surface area contributed by atoms with Crippen molar-refractivity contribution in [2.75, 3.05) is 25.0 Å². The molecule has 180 valence electrons. The van der Waals surface area contributed by atoms with Gasteiger partial charge < -0.3 is 24.8 Å². The summed E-state index contributed by atoms with van der Waals surface area (Å²) in [5, 5.41) is 8.21. The van der Waals surface area contributed by atoms with Crippen LogP contribution in [0.15, 0.2) is 70.1 Å². The highest BCUT2D eigenvalue weighted by Crippen LogP contribution is 2.32. The van der Waals surface area contributed by atoms with E-state index in [1.165, 1.54) is 6.92 Å². The predicted molar refractivity (Wildman–Crippen MR) is 137 cm³/mol. The number of H-pyrrole nitrogens is 1. The van der Waals surface area contributed by atoms with Gasteiger partial charge >= 0.3 is 5.63 Å². The number of hydrogen-bond donors (Lipinski definition) is 3. The van der Waals surface area contributed by atoms with Crippen molar-refractivity contribution < 1.29 is 13.9 Å². The Morgan fingerprint density at radius 2 is 2.08 bits per heavy atom. The van der Waals surface area contributed by atoms with Crippen molar-refractivity contribution in [1.82, 2.24) is 20.3 Å². The first kappa shape index (κ1) is 22.1. The second-order valence-electron chi connectivity index (χ2n) is 8.65. The number of carbonyl (C=O) groups excluding carboxylic acids is 1. The van der Waals surface area contributed by atoms with Crippen LogP contribution in [0.1, 0.15) is 28.9 Å². The van der Waals surface area contributed by atoms with E-state index >= 15 is 0 Å². The van der Waals surface area contributed by atoms with Gasteiger partial charge in [0.2, 0.25) is 5.95 Å². The molecule has 0 saturated carbocycles. The largest absolute Gasteiger partial charge is 0.422 e. The highest BCUT2D eigenvalue weighted by molar-refractivity contribution is 6.00. The van der Waals surface area contributed by atoms with Crippen LogP contribution in [0, 0.1) is 0 Å². The third-order valence-electron chi connectivity index (χ3n) is 6.32. The molecular formula is C27H23N5O4. The molecule has 1 aliphatic rings. The molecule has 9 nitrogen and oxygen atoms in total. The maximum absolute atomic E-state index is 12.8. The number of fused-ring (bicyclic) bond motifs is 2. The van der Waals surface area contributed by atoms with E-state index in [9.17, 15) is 9.59 Å². The van der Waals surface area contributed by atoms with Gasteiger partial charge in [0.05, 0.1) is 23.9 Å². The number of hydrogen-bond acceptors (Lipinski definition) is 8. The van der Waals surface area contributed by atoms with Crippen molar-refractivity contribution in [3.05, 3.63) is 82.5 Å². The van der Waals surface area contributed by atoms with Gasteiger partial charge in [-0.05, 0) is 31.2 Å². The van der Waals surface area contributed by atoms with Crippen LogP contribution in [0.2, 0.25) is 0 Å². The number of para-hydroxylation sites is 1. The Balaban J connectivity index is 1.38. The van der Waals surface area contributed by atoms with E-state index in [0.29, 0.717) is 41.3 Å². The molecule has 1 unspecified atom stereocenters. The molecule has 5 aromatic rings. The second-order valence-corrected chi connectivity index (χ2v) is 8.65. The van der Waals surface area contributed by atoms with Crippen molar-refractivity contribution in [2.24, 2.45) is 0 Å². The number of anilines is 2. The number of benzene rings is 2. The minimum absolute atomic E-state index is 0.0337. The first-order chi connectivity index (χ1) is 17.6. The van der Waals surface area contributed by atoms with Gasteiger partial charge in [-0.25, -0.2) is 14.8 Å². The summed E-state index contributed by atoms with van der Waals surface area (Å²) in [5.74, 6) is 0.0532. The molecule has 1 atom stereocenters. The van der Waals surface area contributed by atoms with E-state index in [2.05, 4.69) is 25.6 Å². The van der Waals surface area contributed by atoms with E-state index in [0.717, 1.165) is 28.7 Å². The lowest BCUT2D eigenvalue weighted by molar-refractivity contribution is 0.0277. The number of ketones is 1. The van der Waals surface area contributed by atoms with Gasteiger partial charge in [0.1, 0.15) is 11.1 Å². The van der Waals surface area contributed by atoms with Crippen molar-refractivity contribution >= 4 is 39.3 Å². The van der Waals surface area contributed by atoms with Crippen LogP contribution in [0.25, 0.3) is 33.1 Å². The molecule has 3 aromatic heterocycles. The van der Waals surface area contributed by atoms with Gasteiger partial charge in [-0.2, -0.15) is 0 Å². The van der Waals surface area contributed by atoms with E-state index in [1.54, 1.807) is 12.3 Å². The number of ether oxygens (including phenoxy) is 1. The average Bonchev–Trinajstić information content (AvgIpc) is 3.37. The number of Topliss-reactive ketones (excluding diaryl/α,β-unsaturated/α-hetero) is 1. The fourth-order valence-corrected chi connectivity index (χ4v) is 4.72. The van der Waals surface area contributed by atoms with Crippen LogP contribution < -0.4 is 16.3 Å². The molecule has 4 heterocycles. The Bertz CT molecular complexity index is 1670. The minimum atomic E-state index is -0.673. The van der Waals surface area contributed by atoms with Crippen LogP contribution in [-0.4, -0.2) is 40.4 Å². The maximum atomic E-state index is 12.8. The zero-order valence-corrected chi connectivity index (χ0v) is 19.5. The first-order valence-corrected chi connectivity index (χ1v) is 11.7. The summed E-state index contributed by atoms with van der Waals surface area (Å²) in [6.07, 6.45) is 3.18. The molecule has 0 amide bonds. The highest BCUT2D eigenvalue weighted by atomic mass is 16.5. The highest BCUT2D eigenvalue weighted by Gasteiger charge is 2.27. The Kier molecular flexibility index (Phi) is 5.55. The number of aromatic nitrogens is 3. The standard InChI is InChI=1S/C27H23N5O4/c1-15(33)23-24(22-14-28-11-12-35-22)19-6-5-17(13-21(19)36-26(23)34)31-27-30-10-8-20(32-27)18-4-2-3-16-7-9-29-25(16)18/h2-10,13,22,28-29H,11-12,14H2,1H3,(H,30,31,32). The summed E-state index contributed by atoms with van der Waals surface area (Å²) in [4.78, 5) is 37.4. The molecule has 1 saturated heterocycles. The number of aromatic amines is 1. The van der Waals surface area contributed by atoms with E-state index in [1.807, 2.05) is 48.7 Å². The Morgan fingerprint density at radius 1 is 1.17 bits per heavy atom. The zero-order chi connectivity index (χ0) is 24.6. The summed E-state index contributed by atoms with van der Waals surface area (Å²) >= 11 is 0. The smallest absolute Gasteiger partial charge is 0.347 e. The van der Waals surface area contributed by atoms with Gasteiger partial charge in [0.15, 0.2) is 5.78 Å². The van der Waals surface area contributed by atoms with E-state index in [-0.39, 0.29) is 11.3 Å². The lowest BCUT2D eigenvalue weighted by atomic mass is 9.96. The summed E-state index contributed by atoms with van der Waals surface area (Å²) in [6.45, 7) is 3.09. The number of nitrogens with one attached hydrogen (secondary N) is 3. The van der Waals surface area contributed by atoms with Crippen molar-refractivity contribution in [3.63, 3.8) is 0 Å². The fraction of sp³-hybridized carbons (Fsp3) is 0.185. The third kappa shape index (κ3) is 3.94. The molecule has 0 bridgehead atoms. The average molecular weight is 482 g/mol. The molecule has 6 rings (SSSR count). The van der Waals surface area contributed by atoms with E-state index < -0.39 is 11.7 Å². The fourth-order valence-electron chi connectivity index (χ4n) is 4.72. The molecule has 36 heavy (non-hydrogen) atoms. The Morgan fingerprint density at radius 3 is 2.92 bits per heavy atom. The summed E-state index contributed by atoms with van der Waals surface area (Å²) in [7, 11) is 0. The third-order valence-corrected chi connectivity index (χ3v) is 6.32. The van der Waals surface area contributed by atoms with Gasteiger partial charge in [-0.15, -0.1) is 0 Å². The Hall–Kier alpha value is -4.34. The monoisotopic (exact) mass is 481 g/mol. The van der Waals surface area contributed by atoms with Crippen molar-refractivity contribution in [1.29, 1.82) is 0 Å². The predicted octanol–water partition coefficient (Wildman–Crippen LogP) is 4.34. The topological polar surface area (TPSA) is 122 Å². The quantitative estimate of drug-likeness (QED) is 0.250. The SMILES string of the molecule is CC(=O)c1c(C2CNCCO2)c2ccc(Nc3nccc(-c4cccc5cc[nH]c45)n3)cc2oc1=O. The van der Waals surface area contributed by atoms with Crippen molar-refractivity contribution in [3.8, 4) is 11.3 Å². The number of rotatable bonds is 5. The Labute approximate surface area is 205 Å². The van der Waals surface area contributed by atoms with Crippen molar-refractivity contribution in [2.45, 2.75) is 13.0 Å². The molecule has 9 heteroatoms. The summed E-state index contributed by atoms with van der Waals surface area (Å²) < 4.78 is 11.4. The molecule has 0 spiro atoms. The lowest BCUT2D eigenvalue weighted by Gasteiger charge is -2.26. The molecular weight excluding hydrogens is 458 g/mol. The molecule has 3 N–H and O–H groups in total. The van der Waals surface area contributed by atoms with Crippen LogP contribution in [-0.2, 0) is 4.74 Å². The molecule has 2 aromatic carbocycles. The maximum Gasteiger partial charge on any atom is 0.347 e. The van der Waals surface area contributed by atoms with Crippen LogP contribution >= 0.6 is 0 Å². The minimum Gasteiger partial charge on any atom is -0.422 e. The molecule has 0 radical (unpaired) electrons. The molecule has 0 aliphatic carbocycles. The van der Waals surface area contributed by atoms with Crippen LogP contribution in [0.3, 0.4) is 0 Å². The number of nitrogens with zero attached hydrogens (tertiary/aromatic N) is 2. The molecule has 1 aliphatic heterocycles. The van der Waals surface area contributed by atoms with Crippen LogP contribution in [0.4, 0.5) is 11.6 Å². The summed E-state index contributed by atoms with van der Waals surface area (Å²) in [5.41, 5.74) is 3.66. The summed E-state index contributed by atoms with van der Waals surface area (Å²) in [6, 6.07) is 15.3. The van der Waals surface area contributed by atoms with Gasteiger partial charge in [-0.1, -0.05) is 18.2 Å². The first-order valence-electron chi connectivity index (χ1n) is 11.7. The lowest BCUT2D eigenvalue weighted by Crippen LogP contribution is -2.35. The van der Waals surface area contributed by atoms with E-state index in [4.69, 9.17) is 9.15 Å². The molecule has 1 fully saturated rings. The number of carbonyl (C=O) groups is 1. The van der Waals surface area contributed by atoms with Gasteiger partial charge in [0.25, 0.3) is 0 Å². The second kappa shape index (κ2) is 9.03.